The van der Waals surface area contributed by atoms with E-state index in [0.29, 0.717) is 55.4 Å². The summed E-state index contributed by atoms with van der Waals surface area (Å²) in [4.78, 5) is 46.1. The van der Waals surface area contributed by atoms with Crippen LogP contribution in [-0.2, 0) is 22.6 Å². The average molecular weight is 608 g/mol. The number of ether oxygens (including phenoxy) is 1. The van der Waals surface area contributed by atoms with Crippen LogP contribution in [0.5, 0.6) is 5.75 Å². The normalized spacial score (nSPS) is 17.8. The fourth-order valence-electron chi connectivity index (χ4n) is 5.38. The summed E-state index contributed by atoms with van der Waals surface area (Å²) in [6.07, 6.45) is 3.30. The minimum atomic E-state index is -0.721. The van der Waals surface area contributed by atoms with Gasteiger partial charge in [-0.3, -0.25) is 19.1 Å². The lowest BCUT2D eigenvalue weighted by Crippen LogP contribution is -2.49. The van der Waals surface area contributed by atoms with Crippen molar-refractivity contribution in [2.24, 2.45) is 0 Å². The lowest BCUT2D eigenvalue weighted by Gasteiger charge is -2.31. The molecule has 0 radical (unpaired) electrons. The van der Waals surface area contributed by atoms with Gasteiger partial charge in [-0.2, -0.15) is 5.10 Å². The Bertz CT molecular complexity index is 1410. The van der Waals surface area contributed by atoms with Crippen molar-refractivity contribution in [2.45, 2.75) is 58.5 Å². The van der Waals surface area contributed by atoms with Gasteiger partial charge < -0.3 is 19.4 Å². The minimum absolute atomic E-state index is 0.0181. The maximum absolute atomic E-state index is 13.8. The van der Waals surface area contributed by atoms with E-state index < -0.39 is 6.04 Å². The molecule has 43 heavy (non-hydrogen) atoms. The highest BCUT2D eigenvalue weighted by molar-refractivity contribution is 6.31. The number of carbonyl (C=O) groups excluding carboxylic acids is 3. The molecule has 2 aromatic carbocycles. The van der Waals surface area contributed by atoms with E-state index in [1.54, 1.807) is 41.9 Å². The molecular weight excluding hydrogens is 566 g/mol. The number of nitrogens with zero attached hydrogens (tertiary/aromatic N) is 5. The highest BCUT2D eigenvalue weighted by Crippen LogP contribution is 2.26. The van der Waals surface area contributed by atoms with E-state index in [1.165, 1.54) is 4.90 Å². The third kappa shape index (κ3) is 8.60. The van der Waals surface area contributed by atoms with Crippen LogP contribution < -0.4 is 4.74 Å². The van der Waals surface area contributed by atoms with Crippen molar-refractivity contribution < 1.29 is 19.1 Å². The maximum atomic E-state index is 13.8. The van der Waals surface area contributed by atoms with E-state index in [0.717, 1.165) is 36.2 Å². The van der Waals surface area contributed by atoms with Gasteiger partial charge in [0.05, 0.1) is 17.9 Å². The van der Waals surface area contributed by atoms with E-state index in [-0.39, 0.29) is 24.3 Å². The van der Waals surface area contributed by atoms with Gasteiger partial charge in [-0.05, 0) is 69.4 Å². The Labute approximate surface area is 259 Å². The van der Waals surface area contributed by atoms with Crippen LogP contribution in [0.4, 0.5) is 0 Å². The van der Waals surface area contributed by atoms with Gasteiger partial charge in [0.2, 0.25) is 11.8 Å². The molecule has 0 bridgehead atoms. The SMILES string of the molecule is Cc1cc(C)n(CC(=O)N2CCCCOc3ccc(Cl)cc3C(=O)N(C)[C@@H](Cc3ccccc3)C(=O)N(C)CCCC2)n1. The molecule has 3 amide bonds. The van der Waals surface area contributed by atoms with Gasteiger partial charge >= 0.3 is 0 Å². The first kappa shape index (κ1) is 32.1. The van der Waals surface area contributed by atoms with Crippen LogP contribution in [0.25, 0.3) is 0 Å². The molecule has 1 aliphatic heterocycles. The third-order valence-corrected chi connectivity index (χ3v) is 8.12. The zero-order chi connectivity index (χ0) is 30.9. The largest absolute Gasteiger partial charge is 0.493 e. The molecule has 230 valence electrons. The second-order valence-electron chi connectivity index (χ2n) is 11.3. The summed E-state index contributed by atoms with van der Waals surface area (Å²) in [6, 6.07) is 15.9. The molecular formula is C33H42ClN5O4. The highest BCUT2D eigenvalue weighted by Gasteiger charge is 2.31. The Balaban J connectivity index is 1.57. The summed E-state index contributed by atoms with van der Waals surface area (Å²) in [5.74, 6) is -0.0386. The van der Waals surface area contributed by atoms with Crippen LogP contribution in [0.3, 0.4) is 0 Å². The Morgan fingerprint density at radius 2 is 1.65 bits per heavy atom. The first-order chi connectivity index (χ1) is 20.6. The Morgan fingerprint density at radius 1 is 0.953 bits per heavy atom. The summed E-state index contributed by atoms with van der Waals surface area (Å²) < 4.78 is 7.83. The van der Waals surface area contributed by atoms with Crippen molar-refractivity contribution in [1.82, 2.24) is 24.5 Å². The van der Waals surface area contributed by atoms with E-state index in [9.17, 15) is 14.4 Å². The fraction of sp³-hybridized carbons (Fsp3) is 0.455. The fourth-order valence-corrected chi connectivity index (χ4v) is 5.55. The van der Waals surface area contributed by atoms with Gasteiger partial charge in [-0.15, -0.1) is 0 Å². The summed E-state index contributed by atoms with van der Waals surface area (Å²) in [5, 5.41) is 4.87. The molecule has 9 nitrogen and oxygen atoms in total. The van der Waals surface area contributed by atoms with Gasteiger partial charge in [0.15, 0.2) is 0 Å². The smallest absolute Gasteiger partial charge is 0.258 e. The van der Waals surface area contributed by atoms with Crippen molar-refractivity contribution >= 4 is 29.3 Å². The van der Waals surface area contributed by atoms with Crippen LogP contribution in [0.2, 0.25) is 5.02 Å². The van der Waals surface area contributed by atoms with E-state index in [1.807, 2.05) is 55.1 Å². The van der Waals surface area contributed by atoms with Gasteiger partial charge in [0.25, 0.3) is 5.91 Å². The molecule has 0 saturated heterocycles. The van der Waals surface area contributed by atoms with E-state index in [4.69, 9.17) is 16.3 Å². The van der Waals surface area contributed by atoms with Gasteiger partial charge in [0.1, 0.15) is 18.3 Å². The molecule has 2 heterocycles. The molecule has 0 fully saturated rings. The van der Waals surface area contributed by atoms with Crippen LogP contribution in [0, 0.1) is 13.8 Å². The third-order valence-electron chi connectivity index (χ3n) is 7.89. The monoisotopic (exact) mass is 607 g/mol. The quantitative estimate of drug-likeness (QED) is 0.426. The van der Waals surface area contributed by atoms with Crippen LogP contribution in [0.15, 0.2) is 54.6 Å². The molecule has 10 heteroatoms. The second-order valence-corrected chi connectivity index (χ2v) is 11.7. The predicted octanol–water partition coefficient (Wildman–Crippen LogP) is 4.78. The van der Waals surface area contributed by atoms with Crippen molar-refractivity contribution in [3.05, 3.63) is 82.1 Å². The number of aryl methyl sites for hydroxylation is 2. The molecule has 0 aliphatic carbocycles. The average Bonchev–Trinajstić information content (AvgIpc) is 3.31. The molecule has 0 unspecified atom stereocenters. The van der Waals surface area contributed by atoms with E-state index >= 15 is 0 Å². The standard InChI is InChI=1S/C33H42ClN5O4/c1-24-20-25(2)39(35-24)23-31(40)38-17-9-8-16-36(3)33(42)29(21-26-12-6-5-7-13-26)37(4)32(41)28-22-27(34)14-15-30(28)43-19-11-10-18-38/h5-7,12-15,20,22,29H,8-11,16-19,21,23H2,1-4H3/t29-/m0/s1. The first-order valence-electron chi connectivity index (χ1n) is 14.9. The topological polar surface area (TPSA) is 88.0 Å². The number of likely N-dealkylation sites (N-methyl/N-ethyl adjacent to an activating group) is 2. The van der Waals surface area contributed by atoms with E-state index in [2.05, 4.69) is 5.10 Å². The highest BCUT2D eigenvalue weighted by atomic mass is 35.5. The number of amides is 3. The summed E-state index contributed by atoms with van der Waals surface area (Å²) in [5.41, 5.74) is 3.11. The number of hydrogen-bond acceptors (Lipinski definition) is 5. The first-order valence-corrected chi connectivity index (χ1v) is 15.3. The molecule has 1 aliphatic rings. The summed E-state index contributed by atoms with van der Waals surface area (Å²) in [7, 11) is 3.43. The van der Waals surface area contributed by atoms with Crippen LogP contribution in [0.1, 0.15) is 53.0 Å². The Hall–Kier alpha value is -3.85. The minimum Gasteiger partial charge on any atom is -0.493 e. The van der Waals surface area contributed by atoms with Crippen LogP contribution in [-0.4, -0.2) is 88.6 Å². The van der Waals surface area contributed by atoms with Crippen molar-refractivity contribution in [2.75, 3.05) is 40.3 Å². The van der Waals surface area contributed by atoms with Crippen molar-refractivity contribution in [3.8, 4) is 5.75 Å². The molecule has 0 spiro atoms. The number of halogens is 1. The molecule has 4 rings (SSSR count). The number of rotatable bonds is 4. The number of hydrogen-bond donors (Lipinski definition) is 0. The number of fused-ring (bicyclic) bond motifs is 1. The van der Waals surface area contributed by atoms with Crippen molar-refractivity contribution in [3.63, 3.8) is 0 Å². The molecule has 1 aromatic heterocycles. The number of carbonyl (C=O) groups is 3. The lowest BCUT2D eigenvalue weighted by atomic mass is 10.0. The molecule has 1 atom stereocenters. The molecule has 0 N–H and O–H groups in total. The number of aromatic nitrogens is 2. The summed E-state index contributed by atoms with van der Waals surface area (Å²) >= 11 is 6.31. The second kappa shape index (κ2) is 15.0. The van der Waals surface area contributed by atoms with Gasteiger partial charge in [0, 0.05) is 50.9 Å². The van der Waals surface area contributed by atoms with Gasteiger partial charge in [-0.25, -0.2) is 0 Å². The maximum Gasteiger partial charge on any atom is 0.258 e. The van der Waals surface area contributed by atoms with Crippen LogP contribution >= 0.6 is 11.6 Å². The van der Waals surface area contributed by atoms with Crippen molar-refractivity contribution in [1.29, 1.82) is 0 Å². The van der Waals surface area contributed by atoms with Gasteiger partial charge in [-0.1, -0.05) is 41.9 Å². The molecule has 0 saturated carbocycles. The lowest BCUT2D eigenvalue weighted by molar-refractivity contribution is -0.135. The zero-order valence-electron chi connectivity index (χ0n) is 25.6. The summed E-state index contributed by atoms with van der Waals surface area (Å²) in [6.45, 7) is 6.13. The Kier molecular flexibility index (Phi) is 11.2. The number of benzene rings is 2. The predicted molar refractivity (Wildman–Crippen MR) is 167 cm³/mol. The zero-order valence-corrected chi connectivity index (χ0v) is 26.3. The molecule has 3 aromatic rings. The Morgan fingerprint density at radius 3 is 2.35 bits per heavy atom.